The number of nitrogens with zero attached hydrogens (tertiary/aromatic N) is 5. The smallest absolute Gasteiger partial charge is 0.439 e. The Balaban J connectivity index is 0.00000242. The van der Waals surface area contributed by atoms with Crippen LogP contribution in [-0.2, 0) is 29.8 Å². The first-order chi connectivity index (χ1) is 19.5. The van der Waals surface area contributed by atoms with Crippen molar-refractivity contribution >= 4 is 22.7 Å². The minimum Gasteiger partial charge on any atom is -0.439 e. The molecule has 5 rings (SSSR count). The van der Waals surface area contributed by atoms with Crippen LogP contribution < -0.4 is 10.1 Å². The Morgan fingerprint density at radius 1 is 1.12 bits per heavy atom. The van der Waals surface area contributed by atoms with Gasteiger partial charge in [0.05, 0.1) is 12.2 Å². The molecule has 215 valence electrons. The molecule has 1 fully saturated rings. The van der Waals surface area contributed by atoms with E-state index in [0.29, 0.717) is 60.5 Å². The van der Waals surface area contributed by atoms with Crippen LogP contribution >= 0.6 is 0 Å². The molecule has 2 aromatic heterocycles. The summed E-state index contributed by atoms with van der Waals surface area (Å²) in [4.78, 5) is 31.4. The zero-order valence-electron chi connectivity index (χ0n) is 23.6. The first kappa shape index (κ1) is 32.4. The first-order valence-corrected chi connectivity index (χ1v) is 13.1. The van der Waals surface area contributed by atoms with E-state index in [1.807, 2.05) is 27.9 Å². The number of carbonyl (C=O) groups is 2. The van der Waals surface area contributed by atoms with E-state index >= 15 is 0 Å². The van der Waals surface area contributed by atoms with Crippen LogP contribution in [0.25, 0.3) is 10.9 Å². The number of amides is 2. The van der Waals surface area contributed by atoms with Crippen molar-refractivity contribution in [3.8, 4) is 17.7 Å². The summed E-state index contributed by atoms with van der Waals surface area (Å²) in [5.41, 5.74) is 2.33. The number of pyridine rings is 1. The Morgan fingerprint density at radius 3 is 2.55 bits per heavy atom. The van der Waals surface area contributed by atoms with Crippen LogP contribution in [-0.4, -0.2) is 64.8 Å². The van der Waals surface area contributed by atoms with E-state index in [2.05, 4.69) is 21.5 Å². The van der Waals surface area contributed by atoms with E-state index in [0.717, 1.165) is 30.3 Å². The Labute approximate surface area is 257 Å². The van der Waals surface area contributed by atoms with Gasteiger partial charge in [-0.2, -0.15) is 5.26 Å². The monoisotopic (exact) mass is 603 g/mol. The van der Waals surface area contributed by atoms with Gasteiger partial charge in [-0.1, -0.05) is 10.9 Å². The minimum atomic E-state index is -0.186. The van der Waals surface area contributed by atoms with Gasteiger partial charge in [-0.15, -0.1) is 18.2 Å². The number of benzene rings is 2. The van der Waals surface area contributed by atoms with Crippen molar-refractivity contribution in [2.75, 3.05) is 33.4 Å². The maximum absolute atomic E-state index is 13.1. The molecule has 0 spiro atoms. The number of ether oxygens (including phenoxy) is 2. The van der Waals surface area contributed by atoms with Crippen molar-refractivity contribution in [3.63, 3.8) is 0 Å². The van der Waals surface area contributed by atoms with Gasteiger partial charge in [0.25, 0.3) is 5.91 Å². The molecule has 1 N–H and O–H groups in total. The number of carbonyl (C=O) groups excluding carboxylic acids is 2. The largest absolute Gasteiger partial charge is 2.00 e. The van der Waals surface area contributed by atoms with Crippen molar-refractivity contribution in [3.05, 3.63) is 91.1 Å². The van der Waals surface area contributed by atoms with Crippen LogP contribution in [0.15, 0.2) is 60.9 Å². The molecular weight excluding hydrogens is 571 g/mol. The number of nitrogens with one attached hydrogen (secondary N) is 1. The minimum absolute atomic E-state index is 0. The molecule has 0 atom stereocenters. The first-order valence-electron chi connectivity index (χ1n) is 13.1. The summed E-state index contributed by atoms with van der Waals surface area (Å²) in [5.74, 6) is 1.15. The number of likely N-dealkylation sites (tertiary alicyclic amines) is 1. The number of nitriles is 1. The number of piperidine rings is 1. The molecule has 1 radical (unpaired) electrons. The Hall–Kier alpha value is -4.17. The molecule has 11 heteroatoms. The molecule has 0 bridgehead atoms. The molecule has 0 saturated carbocycles. The van der Waals surface area contributed by atoms with E-state index < -0.39 is 0 Å². The van der Waals surface area contributed by atoms with Crippen LogP contribution in [0.4, 0.5) is 0 Å². The average molecular weight is 604 g/mol. The van der Waals surface area contributed by atoms with E-state index in [-0.39, 0.29) is 37.8 Å². The normalized spacial score (nSPS) is 13.0. The van der Waals surface area contributed by atoms with Crippen LogP contribution in [0, 0.1) is 30.7 Å². The van der Waals surface area contributed by atoms with E-state index in [1.54, 1.807) is 49.6 Å². The molecule has 1 aliphatic heterocycles. The summed E-state index contributed by atoms with van der Waals surface area (Å²) < 4.78 is 12.6. The molecule has 0 unspecified atom stereocenters. The number of methoxy groups -OCH3 is 1. The number of hydrogen-bond donors (Lipinski definition) is 1. The van der Waals surface area contributed by atoms with Crippen molar-refractivity contribution in [2.45, 2.75) is 19.4 Å². The van der Waals surface area contributed by atoms with Gasteiger partial charge in [0.15, 0.2) is 5.91 Å². The summed E-state index contributed by atoms with van der Waals surface area (Å²) >= 11 is 0. The van der Waals surface area contributed by atoms with Gasteiger partial charge in [0.2, 0.25) is 5.88 Å². The van der Waals surface area contributed by atoms with E-state index in [4.69, 9.17) is 14.7 Å². The second-order valence-electron chi connectivity index (χ2n) is 9.63. The quantitative estimate of drug-likeness (QED) is 0.224. The molecule has 2 aromatic carbocycles. The fraction of sp³-hybridized carbons (Fsp3) is 0.290. The van der Waals surface area contributed by atoms with Crippen LogP contribution in [0.2, 0.25) is 0 Å². The Morgan fingerprint density at radius 2 is 1.88 bits per heavy atom. The number of fused-ring (bicyclic) bond motifs is 1. The Bertz CT molecular complexity index is 1520. The summed E-state index contributed by atoms with van der Waals surface area (Å²) in [6.45, 7) is 3.00. The summed E-state index contributed by atoms with van der Waals surface area (Å²) in [6, 6.07) is 19.0. The van der Waals surface area contributed by atoms with Gasteiger partial charge in [-0.3, -0.25) is 4.79 Å². The molecule has 1 aliphatic rings. The third-order valence-electron chi connectivity index (χ3n) is 6.84. The van der Waals surface area contributed by atoms with Gasteiger partial charge in [0, 0.05) is 56.6 Å². The summed E-state index contributed by atoms with van der Waals surface area (Å²) in [6.07, 6.45) is 5.14. The van der Waals surface area contributed by atoms with Gasteiger partial charge in [0.1, 0.15) is 11.8 Å². The maximum atomic E-state index is 13.1. The fourth-order valence-electron chi connectivity index (χ4n) is 4.65. The molecule has 0 aliphatic carbocycles. The summed E-state index contributed by atoms with van der Waals surface area (Å²) in [7, 11) is 1.59. The predicted octanol–water partition coefficient (Wildman–Crippen LogP) is 4.27. The SMILES string of the molecule is COCCNC(=O)c1[c-]c2cn(CC3CCN(C(=O)c4ccc(Oc5ccc(C#N)cn5)cc4)CC3)nc2cc1.[CH3-].[V+2]. The van der Waals surface area contributed by atoms with Gasteiger partial charge < -0.3 is 36.6 Å². The second kappa shape index (κ2) is 15.2. The third-order valence-corrected chi connectivity index (χ3v) is 6.84. The molecular formula is C31H32N6O4V. The average Bonchev–Trinajstić information content (AvgIpc) is 3.39. The predicted molar refractivity (Wildman–Crippen MR) is 153 cm³/mol. The molecule has 42 heavy (non-hydrogen) atoms. The van der Waals surface area contributed by atoms with Crippen LogP contribution in [0.1, 0.15) is 39.1 Å². The topological polar surface area (TPSA) is 122 Å². The van der Waals surface area contributed by atoms with Gasteiger partial charge >= 0.3 is 18.6 Å². The van der Waals surface area contributed by atoms with E-state index in [1.165, 1.54) is 6.20 Å². The Kier molecular flexibility index (Phi) is 11.7. The zero-order chi connectivity index (χ0) is 27.9. The van der Waals surface area contributed by atoms with Crippen LogP contribution in [0.3, 0.4) is 0 Å². The van der Waals surface area contributed by atoms with E-state index in [9.17, 15) is 9.59 Å². The van der Waals surface area contributed by atoms with Crippen molar-refractivity contribution < 1.29 is 37.6 Å². The standard InChI is InChI=1S/C30H29N6O4.CH3.V/c1-39-15-12-32-29(37)24-5-8-27-25(16-24)20-36(34-27)19-21-10-13-35(14-11-21)30(38)23-3-6-26(7-4-23)40-28-9-2-22(17-31)18-33-28;;/h2-9,18,20-21H,10-15,19H2,1H3,(H,32,37);1H3;/q2*-1;+2. The van der Waals surface area contributed by atoms with Crippen molar-refractivity contribution in [2.24, 2.45) is 5.92 Å². The summed E-state index contributed by atoms with van der Waals surface area (Å²) in [5, 5.41) is 17.1. The molecule has 10 nitrogen and oxygen atoms in total. The van der Waals surface area contributed by atoms with Crippen molar-refractivity contribution in [1.29, 1.82) is 5.26 Å². The molecule has 1 saturated heterocycles. The van der Waals surface area contributed by atoms with Crippen molar-refractivity contribution in [1.82, 2.24) is 25.0 Å². The number of hydrogen-bond acceptors (Lipinski definition) is 7. The number of rotatable bonds is 9. The maximum Gasteiger partial charge on any atom is 2.00 e. The van der Waals surface area contributed by atoms with Gasteiger partial charge in [-0.25, -0.2) is 10.1 Å². The number of aromatic nitrogens is 3. The second-order valence-corrected chi connectivity index (χ2v) is 9.63. The fourth-order valence-corrected chi connectivity index (χ4v) is 4.65. The third kappa shape index (κ3) is 7.98. The van der Waals surface area contributed by atoms with Crippen LogP contribution in [0.5, 0.6) is 11.6 Å². The molecule has 3 heterocycles. The zero-order valence-corrected chi connectivity index (χ0v) is 25.0. The van der Waals surface area contributed by atoms with Gasteiger partial charge in [-0.05, 0) is 55.3 Å². The molecule has 4 aromatic rings. The molecule has 2 amide bonds.